The summed E-state index contributed by atoms with van der Waals surface area (Å²) in [7, 11) is 1.63. The quantitative estimate of drug-likeness (QED) is 0.802. The molecule has 20 heavy (non-hydrogen) atoms. The lowest BCUT2D eigenvalue weighted by molar-refractivity contribution is 0.181. The molecule has 0 aliphatic heterocycles. The zero-order valence-electron chi connectivity index (χ0n) is 11.4. The van der Waals surface area contributed by atoms with Crippen molar-refractivity contribution in [1.29, 1.82) is 0 Å². The van der Waals surface area contributed by atoms with Crippen molar-refractivity contribution >= 4 is 28.4 Å². The second-order valence-electron chi connectivity index (χ2n) is 4.06. The molecule has 1 aromatic heterocycles. The molecule has 1 aromatic carbocycles. The summed E-state index contributed by atoms with van der Waals surface area (Å²) >= 11 is 2.13. The third-order valence-electron chi connectivity index (χ3n) is 2.65. The molecule has 6 heteroatoms. The van der Waals surface area contributed by atoms with Crippen molar-refractivity contribution in [3.63, 3.8) is 0 Å². The number of aromatic nitrogens is 2. The molecule has 2 aromatic rings. The lowest BCUT2D eigenvalue weighted by Gasteiger charge is -2.12. The maximum atomic E-state index is 5.96. The van der Waals surface area contributed by atoms with Gasteiger partial charge >= 0.3 is 0 Å². The number of methoxy groups -OCH3 is 1. The van der Waals surface area contributed by atoms with E-state index in [0.29, 0.717) is 24.9 Å². The Morgan fingerprint density at radius 3 is 2.70 bits per heavy atom. The lowest BCUT2D eigenvalue weighted by atomic mass is 10.2. The molecule has 0 saturated heterocycles. The Hall–Kier alpha value is -1.41. The minimum Gasteiger partial charge on any atom is -0.493 e. The molecule has 0 spiro atoms. The van der Waals surface area contributed by atoms with Gasteiger partial charge in [-0.1, -0.05) is 12.1 Å². The number of ether oxygens (including phenoxy) is 2. The third-order valence-corrected chi connectivity index (χ3v) is 3.83. The van der Waals surface area contributed by atoms with Crippen molar-refractivity contribution in [1.82, 2.24) is 9.97 Å². The van der Waals surface area contributed by atoms with E-state index in [0.717, 1.165) is 20.6 Å². The first-order chi connectivity index (χ1) is 9.67. The molecule has 2 rings (SSSR count). The van der Waals surface area contributed by atoms with E-state index in [4.69, 9.17) is 15.2 Å². The zero-order valence-corrected chi connectivity index (χ0v) is 13.5. The maximum Gasteiger partial charge on any atom is 0.165 e. The zero-order chi connectivity index (χ0) is 14.5. The first kappa shape index (κ1) is 15.0. The number of benzene rings is 1. The van der Waals surface area contributed by atoms with Gasteiger partial charge in [0.15, 0.2) is 5.82 Å². The predicted molar refractivity (Wildman–Crippen MR) is 86.5 cm³/mol. The van der Waals surface area contributed by atoms with E-state index in [-0.39, 0.29) is 0 Å². The third kappa shape index (κ3) is 3.18. The summed E-state index contributed by atoms with van der Waals surface area (Å²) < 4.78 is 11.6. The summed E-state index contributed by atoms with van der Waals surface area (Å²) in [6.45, 7) is 2.92. The van der Waals surface area contributed by atoms with Crippen LogP contribution < -0.4 is 10.5 Å². The maximum absolute atomic E-state index is 5.96. The average Bonchev–Trinajstić information content (AvgIpc) is 2.45. The van der Waals surface area contributed by atoms with Gasteiger partial charge in [-0.2, -0.15) is 0 Å². The average molecular weight is 385 g/mol. The summed E-state index contributed by atoms with van der Waals surface area (Å²) in [6.07, 6.45) is 0. The summed E-state index contributed by atoms with van der Waals surface area (Å²) in [6, 6.07) is 7.65. The van der Waals surface area contributed by atoms with Crippen LogP contribution in [0.1, 0.15) is 12.6 Å². The highest BCUT2D eigenvalue weighted by Crippen LogP contribution is 2.29. The van der Waals surface area contributed by atoms with Crippen molar-refractivity contribution in [3.8, 4) is 17.1 Å². The second kappa shape index (κ2) is 6.85. The molecule has 0 aliphatic carbocycles. The fourth-order valence-electron chi connectivity index (χ4n) is 1.80. The van der Waals surface area contributed by atoms with E-state index in [2.05, 4.69) is 32.6 Å². The van der Waals surface area contributed by atoms with Gasteiger partial charge in [-0.05, 0) is 41.6 Å². The monoisotopic (exact) mass is 385 g/mol. The van der Waals surface area contributed by atoms with Crippen molar-refractivity contribution in [2.24, 2.45) is 0 Å². The van der Waals surface area contributed by atoms with Crippen LogP contribution in [0.3, 0.4) is 0 Å². The van der Waals surface area contributed by atoms with Gasteiger partial charge in [0.2, 0.25) is 0 Å². The van der Waals surface area contributed by atoms with Gasteiger partial charge in [-0.15, -0.1) is 0 Å². The number of hydrogen-bond acceptors (Lipinski definition) is 5. The molecule has 0 amide bonds. The molecule has 2 N–H and O–H groups in total. The van der Waals surface area contributed by atoms with Crippen molar-refractivity contribution in [3.05, 3.63) is 33.5 Å². The van der Waals surface area contributed by atoms with Gasteiger partial charge in [0, 0.05) is 7.11 Å². The topological polar surface area (TPSA) is 70.3 Å². The lowest BCUT2D eigenvalue weighted by Crippen LogP contribution is -2.06. The number of nitrogens with zero attached hydrogens (tertiary/aromatic N) is 2. The van der Waals surface area contributed by atoms with Gasteiger partial charge < -0.3 is 15.2 Å². The summed E-state index contributed by atoms with van der Waals surface area (Å²) in [5.41, 5.74) is 7.57. The highest BCUT2D eigenvalue weighted by Gasteiger charge is 2.14. The molecule has 0 bridgehead atoms. The molecule has 0 fully saturated rings. The van der Waals surface area contributed by atoms with Crippen molar-refractivity contribution < 1.29 is 9.47 Å². The van der Waals surface area contributed by atoms with Crippen LogP contribution in [0.5, 0.6) is 5.75 Å². The van der Waals surface area contributed by atoms with Gasteiger partial charge in [-0.3, -0.25) is 0 Å². The molecule has 106 valence electrons. The van der Waals surface area contributed by atoms with Crippen LogP contribution in [-0.4, -0.2) is 23.7 Å². The molecular weight excluding hydrogens is 369 g/mol. The van der Waals surface area contributed by atoms with Crippen LogP contribution >= 0.6 is 22.6 Å². The number of rotatable bonds is 5. The van der Waals surface area contributed by atoms with E-state index in [1.165, 1.54) is 0 Å². The van der Waals surface area contributed by atoms with Crippen molar-refractivity contribution in [2.75, 3.05) is 19.5 Å². The molecule has 0 atom stereocenters. The van der Waals surface area contributed by atoms with Crippen LogP contribution in [-0.2, 0) is 11.3 Å². The fourth-order valence-corrected chi connectivity index (χ4v) is 2.20. The minimum atomic E-state index is 0.398. The van der Waals surface area contributed by atoms with Gasteiger partial charge in [-0.25, -0.2) is 9.97 Å². The number of anilines is 1. The standard InChI is InChI=1S/C14H16IN3O2/c1-3-20-11-7-5-4-6-9(11)14-17-10(8-19-2)12(15)13(16)18-14/h4-7H,3,8H2,1-2H3,(H2,16,17,18). The number of para-hydroxylation sites is 1. The minimum absolute atomic E-state index is 0.398. The number of nitrogen functional groups attached to an aromatic ring is 1. The molecule has 0 saturated carbocycles. The van der Waals surface area contributed by atoms with Gasteiger partial charge in [0.25, 0.3) is 0 Å². The van der Waals surface area contributed by atoms with Crippen LogP contribution in [0.4, 0.5) is 5.82 Å². The Balaban J connectivity index is 2.52. The van der Waals surface area contributed by atoms with E-state index in [1.807, 2.05) is 31.2 Å². The van der Waals surface area contributed by atoms with E-state index in [1.54, 1.807) is 7.11 Å². The highest BCUT2D eigenvalue weighted by molar-refractivity contribution is 14.1. The van der Waals surface area contributed by atoms with Crippen LogP contribution in [0, 0.1) is 3.57 Å². The molecule has 0 aliphatic rings. The molecular formula is C14H16IN3O2. The Labute approximate surface area is 131 Å². The van der Waals surface area contributed by atoms with Gasteiger partial charge in [0.1, 0.15) is 11.6 Å². The molecule has 5 nitrogen and oxygen atoms in total. The Morgan fingerprint density at radius 2 is 2.00 bits per heavy atom. The van der Waals surface area contributed by atoms with E-state index in [9.17, 15) is 0 Å². The fraction of sp³-hybridized carbons (Fsp3) is 0.286. The summed E-state index contributed by atoms with van der Waals surface area (Å²) in [5.74, 6) is 1.76. The number of halogens is 1. The normalized spacial score (nSPS) is 10.6. The Bertz CT molecular complexity index is 605. The number of hydrogen-bond donors (Lipinski definition) is 1. The first-order valence-electron chi connectivity index (χ1n) is 6.20. The van der Waals surface area contributed by atoms with Crippen LogP contribution in [0.15, 0.2) is 24.3 Å². The highest BCUT2D eigenvalue weighted by atomic mass is 127. The Morgan fingerprint density at radius 1 is 1.25 bits per heavy atom. The SMILES string of the molecule is CCOc1ccccc1-c1nc(N)c(I)c(COC)n1. The Kier molecular flexibility index (Phi) is 5.13. The summed E-state index contributed by atoms with van der Waals surface area (Å²) in [4.78, 5) is 8.88. The largest absolute Gasteiger partial charge is 0.493 e. The van der Waals surface area contributed by atoms with E-state index < -0.39 is 0 Å². The van der Waals surface area contributed by atoms with E-state index >= 15 is 0 Å². The second-order valence-corrected chi connectivity index (χ2v) is 5.13. The molecule has 0 radical (unpaired) electrons. The first-order valence-corrected chi connectivity index (χ1v) is 7.28. The summed E-state index contributed by atoms with van der Waals surface area (Å²) in [5, 5.41) is 0. The van der Waals surface area contributed by atoms with Gasteiger partial charge in [0.05, 0.1) is 28.0 Å². The number of nitrogens with two attached hydrogens (primary N) is 1. The molecule has 0 unspecified atom stereocenters. The van der Waals surface area contributed by atoms with Crippen molar-refractivity contribution in [2.45, 2.75) is 13.5 Å². The smallest absolute Gasteiger partial charge is 0.165 e. The predicted octanol–water partition coefficient (Wildman–Crippen LogP) is 2.88. The molecule has 1 heterocycles. The van der Waals surface area contributed by atoms with Crippen LogP contribution in [0.25, 0.3) is 11.4 Å². The van der Waals surface area contributed by atoms with Crippen LogP contribution in [0.2, 0.25) is 0 Å².